The first kappa shape index (κ1) is 23.1. The zero-order valence-electron chi connectivity index (χ0n) is 17.6. The second-order valence-corrected chi connectivity index (χ2v) is 6.94. The molecule has 2 N–H and O–H groups in total. The Bertz CT molecular complexity index is 863. The number of nitrogens with zero attached hydrogens (tertiary/aromatic N) is 2. The number of amides is 1. The Morgan fingerprint density at radius 1 is 1.21 bits per heavy atom. The van der Waals surface area contributed by atoms with E-state index in [0.29, 0.717) is 18.5 Å². The predicted molar refractivity (Wildman–Crippen MR) is 106 cm³/mol. The monoisotopic (exact) mass is 404 g/mol. The summed E-state index contributed by atoms with van der Waals surface area (Å²) in [4.78, 5) is 29.8. The number of phenols is 1. The molecule has 1 aromatic heterocycles. The standard InChI is InChI=1S/C22H24N2O4.Na.H/c25-19-10-5-4-9-18(19)22(28)24-14-12-16(7-2-1-3-11-20(26)27)21(24)17-8-6-13-23-15-17;;/h1-2,4-6,8-10,13,15-16,21,25H,3,7,11-12,14H2,(H,26,27);;/q;+1;-1/b2-1-;;/t16-,21+;;/m1../s1. The van der Waals surface area contributed by atoms with Crippen LogP contribution < -0.4 is 29.6 Å². The summed E-state index contributed by atoms with van der Waals surface area (Å²) in [6.45, 7) is 0.598. The van der Waals surface area contributed by atoms with E-state index in [1.165, 1.54) is 6.07 Å². The van der Waals surface area contributed by atoms with Crippen molar-refractivity contribution < 1.29 is 50.8 Å². The van der Waals surface area contributed by atoms with E-state index in [9.17, 15) is 14.7 Å². The number of carbonyl (C=O) groups excluding carboxylic acids is 1. The van der Waals surface area contributed by atoms with Crippen LogP contribution in [0.25, 0.3) is 0 Å². The molecule has 0 unspecified atom stereocenters. The Morgan fingerprint density at radius 2 is 2.00 bits per heavy atom. The topological polar surface area (TPSA) is 90.7 Å². The van der Waals surface area contributed by atoms with Crippen LogP contribution in [0.1, 0.15) is 49.1 Å². The number of rotatable bonds is 7. The number of hydrogen-bond donors (Lipinski definition) is 2. The van der Waals surface area contributed by atoms with Crippen LogP contribution >= 0.6 is 0 Å². The summed E-state index contributed by atoms with van der Waals surface area (Å²) >= 11 is 0. The number of para-hydroxylation sites is 1. The quantitative estimate of drug-likeness (QED) is 0.529. The van der Waals surface area contributed by atoms with E-state index >= 15 is 0 Å². The third kappa shape index (κ3) is 5.92. The zero-order valence-corrected chi connectivity index (χ0v) is 18.6. The molecular weight excluding hydrogens is 379 g/mol. The number of hydrogen-bond acceptors (Lipinski definition) is 4. The van der Waals surface area contributed by atoms with Crippen LogP contribution in [0, 0.1) is 5.92 Å². The van der Waals surface area contributed by atoms with Gasteiger partial charge >= 0.3 is 35.5 Å². The van der Waals surface area contributed by atoms with Gasteiger partial charge < -0.3 is 16.5 Å². The van der Waals surface area contributed by atoms with Crippen LogP contribution in [0.3, 0.4) is 0 Å². The molecule has 0 saturated carbocycles. The molecule has 2 atom stereocenters. The summed E-state index contributed by atoms with van der Waals surface area (Å²) in [6.07, 6.45) is 9.58. The maximum absolute atomic E-state index is 13.1. The number of phenolic OH excluding ortho intramolecular Hbond substituents is 1. The number of allylic oxidation sites excluding steroid dienone is 2. The summed E-state index contributed by atoms with van der Waals surface area (Å²) < 4.78 is 0. The predicted octanol–water partition coefficient (Wildman–Crippen LogP) is 0.918. The van der Waals surface area contributed by atoms with Crippen molar-refractivity contribution in [1.82, 2.24) is 9.88 Å². The van der Waals surface area contributed by atoms with Gasteiger partial charge in [-0.25, -0.2) is 0 Å². The molecule has 1 aromatic carbocycles. The van der Waals surface area contributed by atoms with Gasteiger partial charge in [0.2, 0.25) is 0 Å². The molecule has 1 saturated heterocycles. The number of benzene rings is 1. The minimum atomic E-state index is -0.807. The fraction of sp³-hybridized carbons (Fsp3) is 0.318. The van der Waals surface area contributed by atoms with E-state index in [1.54, 1.807) is 30.6 Å². The number of carboxylic acid groups (broad SMARTS) is 1. The molecule has 6 nitrogen and oxygen atoms in total. The van der Waals surface area contributed by atoms with Crippen LogP contribution in [0.15, 0.2) is 60.9 Å². The second kappa shape index (κ2) is 11.1. The molecule has 0 bridgehead atoms. The number of pyridine rings is 1. The van der Waals surface area contributed by atoms with Crippen LogP contribution in [0.4, 0.5) is 0 Å². The molecule has 2 aromatic rings. The summed E-state index contributed by atoms with van der Waals surface area (Å²) in [5.74, 6) is -0.808. The van der Waals surface area contributed by atoms with Crippen molar-refractivity contribution in [2.24, 2.45) is 5.92 Å². The minimum Gasteiger partial charge on any atom is -1.00 e. The second-order valence-electron chi connectivity index (χ2n) is 6.94. The summed E-state index contributed by atoms with van der Waals surface area (Å²) in [5.41, 5.74) is 1.27. The number of likely N-dealkylation sites (tertiary alicyclic amines) is 1. The number of carboxylic acids is 1. The van der Waals surface area contributed by atoms with E-state index in [0.717, 1.165) is 18.4 Å². The van der Waals surface area contributed by atoms with Gasteiger partial charge in [-0.15, -0.1) is 0 Å². The Kier molecular flexibility index (Phi) is 8.89. The Morgan fingerprint density at radius 3 is 2.69 bits per heavy atom. The van der Waals surface area contributed by atoms with Crippen molar-refractivity contribution in [3.05, 3.63) is 72.1 Å². The molecule has 1 aliphatic heterocycles. The minimum absolute atomic E-state index is 0. The average molecular weight is 404 g/mol. The van der Waals surface area contributed by atoms with Crippen LogP contribution in [-0.4, -0.2) is 38.5 Å². The van der Waals surface area contributed by atoms with Crippen LogP contribution in [-0.2, 0) is 4.79 Å². The van der Waals surface area contributed by atoms with E-state index in [4.69, 9.17) is 5.11 Å². The Hall–Kier alpha value is -2.15. The van der Waals surface area contributed by atoms with Gasteiger partial charge in [0.05, 0.1) is 11.6 Å². The molecular formula is C22H25N2NaO4. The Labute approximate surface area is 194 Å². The van der Waals surface area contributed by atoms with Crippen LogP contribution in [0.5, 0.6) is 5.75 Å². The van der Waals surface area contributed by atoms with Gasteiger partial charge in [0.15, 0.2) is 0 Å². The van der Waals surface area contributed by atoms with E-state index in [-0.39, 0.29) is 61.0 Å². The van der Waals surface area contributed by atoms with Crippen molar-refractivity contribution in [3.8, 4) is 5.75 Å². The molecule has 148 valence electrons. The summed E-state index contributed by atoms with van der Waals surface area (Å²) in [7, 11) is 0. The van der Waals surface area contributed by atoms with E-state index < -0.39 is 5.97 Å². The molecule has 0 aliphatic carbocycles. The first-order valence-electron chi connectivity index (χ1n) is 9.43. The van der Waals surface area contributed by atoms with Gasteiger partial charge in [-0.3, -0.25) is 14.6 Å². The molecule has 1 aliphatic rings. The molecule has 1 amide bonds. The smallest absolute Gasteiger partial charge is 1.00 e. The average Bonchev–Trinajstić information content (AvgIpc) is 3.12. The molecule has 29 heavy (non-hydrogen) atoms. The van der Waals surface area contributed by atoms with Crippen molar-refractivity contribution in [3.63, 3.8) is 0 Å². The summed E-state index contributed by atoms with van der Waals surface area (Å²) in [5, 5.41) is 18.8. The third-order valence-corrected chi connectivity index (χ3v) is 5.07. The normalized spacial score (nSPS) is 18.6. The van der Waals surface area contributed by atoms with Gasteiger partial charge in [0.25, 0.3) is 5.91 Å². The Balaban J connectivity index is 0.00000225. The largest absolute Gasteiger partial charge is 1.00 e. The van der Waals surface area contributed by atoms with Gasteiger partial charge in [-0.05, 0) is 48.9 Å². The third-order valence-electron chi connectivity index (χ3n) is 5.07. The molecule has 2 heterocycles. The van der Waals surface area contributed by atoms with Gasteiger partial charge in [-0.2, -0.15) is 0 Å². The van der Waals surface area contributed by atoms with Crippen molar-refractivity contribution in [2.75, 3.05) is 6.54 Å². The number of carbonyl (C=O) groups is 2. The summed E-state index contributed by atoms with van der Waals surface area (Å²) in [6, 6.07) is 10.3. The van der Waals surface area contributed by atoms with E-state index in [2.05, 4.69) is 4.98 Å². The van der Waals surface area contributed by atoms with Gasteiger partial charge in [-0.1, -0.05) is 30.4 Å². The van der Waals surface area contributed by atoms with E-state index in [1.807, 2.05) is 29.2 Å². The molecule has 0 spiro atoms. The van der Waals surface area contributed by atoms with Gasteiger partial charge in [0, 0.05) is 25.4 Å². The van der Waals surface area contributed by atoms with Crippen LogP contribution in [0.2, 0.25) is 0 Å². The van der Waals surface area contributed by atoms with Crippen molar-refractivity contribution in [1.29, 1.82) is 0 Å². The van der Waals surface area contributed by atoms with Crippen molar-refractivity contribution >= 4 is 11.9 Å². The molecule has 3 rings (SSSR count). The SMILES string of the molecule is O=C(O)CC/C=C\C[C@@H]1CCN(C(=O)c2ccccc2O)[C@@H]1c1cccnc1.[H-].[Na+]. The van der Waals surface area contributed by atoms with Crippen molar-refractivity contribution in [2.45, 2.75) is 31.7 Å². The zero-order chi connectivity index (χ0) is 19.9. The fourth-order valence-electron chi connectivity index (χ4n) is 3.74. The fourth-order valence-corrected chi connectivity index (χ4v) is 3.74. The maximum atomic E-state index is 13.1. The maximum Gasteiger partial charge on any atom is 1.00 e. The van der Waals surface area contributed by atoms with Gasteiger partial charge in [0.1, 0.15) is 5.75 Å². The first-order valence-corrected chi connectivity index (χ1v) is 9.43. The molecule has 0 radical (unpaired) electrons. The first-order chi connectivity index (χ1) is 13.6. The number of aliphatic carboxylic acids is 1. The molecule has 1 fully saturated rings. The number of aromatic hydroxyl groups is 1. The number of aromatic nitrogens is 1. The molecule has 7 heteroatoms.